The zero-order valence-corrected chi connectivity index (χ0v) is 15.2. The molecule has 3 rings (SSSR count). The predicted octanol–water partition coefficient (Wildman–Crippen LogP) is 4.78. The van der Waals surface area contributed by atoms with Gasteiger partial charge in [0.2, 0.25) is 0 Å². The molecule has 0 amide bonds. The molecular weight excluding hydrogens is 388 g/mol. The van der Waals surface area contributed by atoms with Gasteiger partial charge < -0.3 is 0 Å². The van der Waals surface area contributed by atoms with Crippen molar-refractivity contribution in [2.75, 3.05) is 12.1 Å². The van der Waals surface area contributed by atoms with Crippen LogP contribution in [0.15, 0.2) is 76.6 Å². The lowest BCUT2D eigenvalue weighted by molar-refractivity contribution is 1.00. The van der Waals surface area contributed by atoms with Crippen LogP contribution in [-0.2, 0) is 0 Å². The number of hydrazone groups is 1. The first-order valence-electron chi connectivity index (χ1n) is 7.25. The highest BCUT2D eigenvalue weighted by Crippen LogP contribution is 2.19. The zero-order valence-electron chi connectivity index (χ0n) is 12.9. The van der Waals surface area contributed by atoms with Gasteiger partial charge >= 0.3 is 0 Å². The summed E-state index contributed by atoms with van der Waals surface area (Å²) in [5, 5.41) is 7.19. The van der Waals surface area contributed by atoms with Crippen molar-refractivity contribution in [2.45, 2.75) is 0 Å². The molecule has 2 aromatic carbocycles. The molecule has 0 radical (unpaired) electrons. The molecule has 0 fully saturated rings. The molecule has 1 aromatic heterocycles. The van der Waals surface area contributed by atoms with E-state index in [2.05, 4.69) is 25.9 Å². The van der Waals surface area contributed by atoms with Crippen LogP contribution in [0.2, 0.25) is 5.02 Å². The van der Waals surface area contributed by atoms with Crippen LogP contribution in [0.4, 0.5) is 5.69 Å². The molecule has 4 nitrogen and oxygen atoms in total. The van der Waals surface area contributed by atoms with Crippen molar-refractivity contribution in [1.29, 1.82) is 0 Å². The zero-order chi connectivity index (χ0) is 16.9. The molecule has 0 aliphatic rings. The van der Waals surface area contributed by atoms with Crippen molar-refractivity contribution in [3.63, 3.8) is 0 Å². The second-order valence-electron chi connectivity index (χ2n) is 5.03. The summed E-state index contributed by atoms with van der Waals surface area (Å²) in [4.78, 5) is 8.66. The van der Waals surface area contributed by atoms with Crippen molar-refractivity contribution in [3.05, 3.63) is 87.9 Å². The maximum absolute atomic E-state index is 5.99. The number of hydrogen-bond acceptors (Lipinski definition) is 4. The normalized spacial score (nSPS) is 11.4. The van der Waals surface area contributed by atoms with Crippen LogP contribution in [0.5, 0.6) is 0 Å². The number of halogens is 2. The van der Waals surface area contributed by atoms with E-state index in [0.29, 0.717) is 16.6 Å². The third-order valence-electron chi connectivity index (χ3n) is 3.35. The van der Waals surface area contributed by atoms with E-state index in [-0.39, 0.29) is 0 Å². The lowest BCUT2D eigenvalue weighted by Crippen LogP contribution is -2.17. The van der Waals surface area contributed by atoms with Gasteiger partial charge in [0, 0.05) is 34.5 Å². The molecule has 0 aliphatic carbocycles. The fourth-order valence-electron chi connectivity index (χ4n) is 2.13. The van der Waals surface area contributed by atoms with E-state index in [1.807, 2.05) is 55.6 Å². The molecule has 6 heteroatoms. The van der Waals surface area contributed by atoms with Crippen LogP contribution in [0, 0.1) is 0 Å². The quantitative estimate of drug-likeness (QED) is 0.466. The molecule has 0 aliphatic heterocycles. The molecule has 3 aromatic rings. The Morgan fingerprint density at radius 3 is 2.25 bits per heavy atom. The van der Waals surface area contributed by atoms with Gasteiger partial charge in [-0.1, -0.05) is 39.7 Å². The molecule has 24 heavy (non-hydrogen) atoms. The van der Waals surface area contributed by atoms with E-state index in [4.69, 9.17) is 16.7 Å². The highest BCUT2D eigenvalue weighted by molar-refractivity contribution is 9.10. The van der Waals surface area contributed by atoms with E-state index in [1.54, 1.807) is 23.5 Å². The van der Waals surface area contributed by atoms with Crippen LogP contribution in [-0.4, -0.2) is 22.7 Å². The number of rotatable bonds is 4. The molecular formula is C18H14BrClN4. The Morgan fingerprint density at radius 2 is 1.62 bits per heavy atom. The van der Waals surface area contributed by atoms with E-state index in [0.717, 1.165) is 15.7 Å². The Bertz CT molecular complexity index is 833. The Labute approximate surface area is 154 Å². The van der Waals surface area contributed by atoms with Gasteiger partial charge in [-0.3, -0.25) is 5.01 Å². The van der Waals surface area contributed by atoms with Gasteiger partial charge in [-0.2, -0.15) is 5.10 Å². The maximum atomic E-state index is 5.99. The summed E-state index contributed by atoms with van der Waals surface area (Å²) < 4.78 is 1.02. The maximum Gasteiger partial charge on any atom is 0.180 e. The molecule has 0 spiro atoms. The van der Waals surface area contributed by atoms with Crippen molar-refractivity contribution in [1.82, 2.24) is 9.97 Å². The van der Waals surface area contributed by atoms with E-state index in [9.17, 15) is 0 Å². The van der Waals surface area contributed by atoms with Crippen LogP contribution in [0.3, 0.4) is 0 Å². The molecule has 0 atom stereocenters. The molecule has 0 bridgehead atoms. The van der Waals surface area contributed by atoms with Crippen molar-refractivity contribution in [3.8, 4) is 0 Å². The fourth-order valence-corrected chi connectivity index (χ4v) is 2.52. The smallest absolute Gasteiger partial charge is 0.180 e. The summed E-state index contributed by atoms with van der Waals surface area (Å²) >= 11 is 9.43. The predicted molar refractivity (Wildman–Crippen MR) is 102 cm³/mol. The fraction of sp³-hybridized carbons (Fsp3) is 0.0556. The SMILES string of the molecule is CN(/N=C(/c1ccc(Cl)cc1)c1ncccn1)c1ccc(Br)cc1. The van der Waals surface area contributed by atoms with Gasteiger partial charge in [0.25, 0.3) is 0 Å². The van der Waals surface area contributed by atoms with Crippen LogP contribution < -0.4 is 5.01 Å². The van der Waals surface area contributed by atoms with Gasteiger partial charge in [0.1, 0.15) is 5.71 Å². The molecule has 0 saturated carbocycles. The minimum Gasteiger partial charge on any atom is -0.268 e. The molecule has 0 N–H and O–H groups in total. The summed E-state index contributed by atoms with van der Waals surface area (Å²) in [5.74, 6) is 0.559. The third-order valence-corrected chi connectivity index (χ3v) is 4.13. The van der Waals surface area contributed by atoms with Crippen molar-refractivity contribution < 1.29 is 0 Å². The van der Waals surface area contributed by atoms with Crippen molar-refractivity contribution >= 4 is 38.9 Å². The first-order valence-corrected chi connectivity index (χ1v) is 8.42. The topological polar surface area (TPSA) is 41.4 Å². The Balaban J connectivity index is 2.03. The number of nitrogens with zero attached hydrogens (tertiary/aromatic N) is 4. The largest absolute Gasteiger partial charge is 0.268 e. The van der Waals surface area contributed by atoms with E-state index < -0.39 is 0 Å². The van der Waals surface area contributed by atoms with Gasteiger partial charge in [-0.15, -0.1) is 0 Å². The molecule has 0 saturated heterocycles. The monoisotopic (exact) mass is 400 g/mol. The van der Waals surface area contributed by atoms with Crippen molar-refractivity contribution in [2.24, 2.45) is 5.10 Å². The van der Waals surface area contributed by atoms with Crippen LogP contribution in [0.25, 0.3) is 0 Å². The average molecular weight is 402 g/mol. The average Bonchev–Trinajstić information content (AvgIpc) is 2.62. The standard InChI is InChI=1S/C18H14BrClN4/c1-24(16-9-5-14(19)6-10-16)23-17(18-21-11-2-12-22-18)13-3-7-15(20)8-4-13/h2-12H,1H3/b23-17-. The van der Waals surface area contributed by atoms with Gasteiger partial charge in [0.15, 0.2) is 5.82 Å². The Morgan fingerprint density at radius 1 is 1.00 bits per heavy atom. The van der Waals surface area contributed by atoms with Gasteiger partial charge in [-0.05, 0) is 42.5 Å². The van der Waals surface area contributed by atoms with Gasteiger partial charge in [-0.25, -0.2) is 9.97 Å². The highest BCUT2D eigenvalue weighted by Gasteiger charge is 2.12. The summed E-state index contributed by atoms with van der Waals surface area (Å²) in [7, 11) is 1.89. The van der Waals surface area contributed by atoms with E-state index in [1.165, 1.54) is 0 Å². The highest BCUT2D eigenvalue weighted by atomic mass is 79.9. The number of hydrogen-bond donors (Lipinski definition) is 0. The lowest BCUT2D eigenvalue weighted by atomic mass is 10.1. The summed E-state index contributed by atoms with van der Waals surface area (Å²) in [6, 6.07) is 17.2. The molecule has 1 heterocycles. The van der Waals surface area contributed by atoms with E-state index >= 15 is 0 Å². The third kappa shape index (κ3) is 3.99. The second-order valence-corrected chi connectivity index (χ2v) is 6.38. The minimum absolute atomic E-state index is 0.559. The number of aromatic nitrogens is 2. The first kappa shape index (κ1) is 16.6. The second kappa shape index (κ2) is 7.55. The minimum atomic E-state index is 0.559. The summed E-state index contributed by atoms with van der Waals surface area (Å²) in [6.45, 7) is 0. The number of anilines is 1. The molecule has 0 unspecified atom stereocenters. The number of benzene rings is 2. The molecule has 120 valence electrons. The summed E-state index contributed by atoms with van der Waals surface area (Å²) in [6.07, 6.45) is 3.40. The Hall–Kier alpha value is -2.24. The lowest BCUT2D eigenvalue weighted by Gasteiger charge is -2.16. The summed E-state index contributed by atoms with van der Waals surface area (Å²) in [5.41, 5.74) is 2.54. The van der Waals surface area contributed by atoms with Crippen LogP contribution in [0.1, 0.15) is 11.4 Å². The first-order chi connectivity index (χ1) is 11.6. The Kier molecular flexibility index (Phi) is 5.23. The van der Waals surface area contributed by atoms with Gasteiger partial charge in [0.05, 0.1) is 5.69 Å². The van der Waals surface area contributed by atoms with Crippen LogP contribution >= 0.6 is 27.5 Å².